The van der Waals surface area contributed by atoms with Gasteiger partial charge in [0.25, 0.3) is 0 Å². The third-order valence-electron chi connectivity index (χ3n) is 3.19. The lowest BCUT2D eigenvalue weighted by molar-refractivity contribution is -0.137. The van der Waals surface area contributed by atoms with E-state index in [9.17, 15) is 4.79 Å². The molecule has 0 aromatic heterocycles. The molecule has 4 nitrogen and oxygen atoms in total. The first kappa shape index (κ1) is 15.2. The van der Waals surface area contributed by atoms with Crippen LogP contribution in [0.2, 0.25) is 0 Å². The lowest BCUT2D eigenvalue weighted by atomic mass is 10.0. The van der Waals surface area contributed by atoms with Crippen LogP contribution in [-0.2, 0) is 9.53 Å². The first-order chi connectivity index (χ1) is 8.76. The molecule has 1 aliphatic heterocycles. The molecule has 0 amide bonds. The van der Waals surface area contributed by atoms with Gasteiger partial charge in [0.2, 0.25) is 0 Å². The number of nitrogens with zero attached hydrogens (tertiary/aromatic N) is 1. The van der Waals surface area contributed by atoms with Crippen molar-refractivity contribution in [3.05, 3.63) is 12.2 Å². The second-order valence-corrected chi connectivity index (χ2v) is 4.68. The summed E-state index contributed by atoms with van der Waals surface area (Å²) in [7, 11) is 0. The summed E-state index contributed by atoms with van der Waals surface area (Å²) in [5, 5.41) is 3.46. The van der Waals surface area contributed by atoms with Crippen LogP contribution in [0.4, 0.5) is 0 Å². The van der Waals surface area contributed by atoms with Gasteiger partial charge in [0.15, 0.2) is 0 Å². The Morgan fingerprint density at radius 3 is 2.72 bits per heavy atom. The third-order valence-corrected chi connectivity index (χ3v) is 3.19. The number of esters is 1. The van der Waals surface area contributed by atoms with Gasteiger partial charge in [0, 0.05) is 18.7 Å². The summed E-state index contributed by atoms with van der Waals surface area (Å²) < 4.78 is 4.81. The van der Waals surface area contributed by atoms with Crippen molar-refractivity contribution in [2.24, 2.45) is 0 Å². The van der Waals surface area contributed by atoms with E-state index in [0.717, 1.165) is 6.54 Å². The third kappa shape index (κ3) is 6.17. The molecule has 1 fully saturated rings. The van der Waals surface area contributed by atoms with Gasteiger partial charge in [-0.05, 0) is 45.8 Å². The molecule has 1 aliphatic rings. The second kappa shape index (κ2) is 9.11. The quantitative estimate of drug-likeness (QED) is 0.553. The van der Waals surface area contributed by atoms with Gasteiger partial charge in [-0.15, -0.1) is 0 Å². The van der Waals surface area contributed by atoms with Crippen molar-refractivity contribution in [3.8, 4) is 0 Å². The van der Waals surface area contributed by atoms with Crippen molar-refractivity contribution in [1.82, 2.24) is 10.2 Å². The molecule has 1 N–H and O–H groups in total. The van der Waals surface area contributed by atoms with Gasteiger partial charge in [-0.25, -0.2) is 4.79 Å². The van der Waals surface area contributed by atoms with Gasteiger partial charge >= 0.3 is 5.97 Å². The number of likely N-dealkylation sites (tertiary alicyclic amines) is 1. The SMILES string of the molecule is CCCN1CCC(NC/C=C/C(=O)OCC)CC1. The Bertz CT molecular complexity index is 259. The van der Waals surface area contributed by atoms with Crippen LogP contribution >= 0.6 is 0 Å². The van der Waals surface area contributed by atoms with Crippen LogP contribution in [0.25, 0.3) is 0 Å². The average molecular weight is 254 g/mol. The van der Waals surface area contributed by atoms with Gasteiger partial charge in [0.05, 0.1) is 6.61 Å². The van der Waals surface area contributed by atoms with Crippen LogP contribution in [0, 0.1) is 0 Å². The molecule has 1 rings (SSSR count). The van der Waals surface area contributed by atoms with Crippen molar-refractivity contribution >= 4 is 5.97 Å². The molecule has 18 heavy (non-hydrogen) atoms. The molecular formula is C14H26N2O2. The molecule has 0 saturated carbocycles. The zero-order valence-corrected chi connectivity index (χ0v) is 11.7. The maximum Gasteiger partial charge on any atom is 0.330 e. The first-order valence-electron chi connectivity index (χ1n) is 7.05. The van der Waals surface area contributed by atoms with E-state index in [4.69, 9.17) is 4.74 Å². The van der Waals surface area contributed by atoms with E-state index < -0.39 is 0 Å². The fraction of sp³-hybridized carbons (Fsp3) is 0.786. The number of hydrogen-bond donors (Lipinski definition) is 1. The Morgan fingerprint density at radius 1 is 1.39 bits per heavy atom. The maximum absolute atomic E-state index is 11.1. The number of nitrogens with one attached hydrogen (secondary N) is 1. The topological polar surface area (TPSA) is 41.6 Å². The fourth-order valence-electron chi connectivity index (χ4n) is 2.26. The summed E-state index contributed by atoms with van der Waals surface area (Å²) in [6.45, 7) is 8.82. The van der Waals surface area contributed by atoms with E-state index in [-0.39, 0.29) is 5.97 Å². The molecule has 0 atom stereocenters. The van der Waals surface area contributed by atoms with Gasteiger partial charge in [-0.2, -0.15) is 0 Å². The summed E-state index contributed by atoms with van der Waals surface area (Å²) in [5.41, 5.74) is 0. The minimum atomic E-state index is -0.253. The Kier molecular flexibility index (Phi) is 7.69. The van der Waals surface area contributed by atoms with Crippen LogP contribution in [0.15, 0.2) is 12.2 Å². The summed E-state index contributed by atoms with van der Waals surface area (Å²) in [6, 6.07) is 0.588. The van der Waals surface area contributed by atoms with Crippen molar-refractivity contribution in [3.63, 3.8) is 0 Å². The Hall–Kier alpha value is -0.870. The Balaban J connectivity index is 2.09. The van der Waals surface area contributed by atoms with Crippen molar-refractivity contribution in [2.75, 3.05) is 32.8 Å². The molecule has 0 aromatic carbocycles. The smallest absolute Gasteiger partial charge is 0.330 e. The van der Waals surface area contributed by atoms with E-state index in [1.807, 2.05) is 13.0 Å². The van der Waals surface area contributed by atoms with Crippen LogP contribution in [-0.4, -0.2) is 49.7 Å². The standard InChI is InChI=1S/C14H26N2O2/c1-3-10-16-11-7-13(8-12-16)15-9-5-6-14(17)18-4-2/h5-6,13,15H,3-4,7-12H2,1-2H3/b6-5+. The summed E-state index contributed by atoms with van der Waals surface area (Å²) >= 11 is 0. The van der Waals surface area contributed by atoms with Crippen molar-refractivity contribution in [2.45, 2.75) is 39.2 Å². The van der Waals surface area contributed by atoms with Crippen LogP contribution in [0.3, 0.4) is 0 Å². The van der Waals surface area contributed by atoms with Crippen LogP contribution in [0.5, 0.6) is 0 Å². The lowest BCUT2D eigenvalue weighted by Gasteiger charge is -2.31. The van der Waals surface area contributed by atoms with E-state index in [0.29, 0.717) is 12.6 Å². The Labute approximate surface area is 110 Å². The molecule has 0 aromatic rings. The van der Waals surface area contributed by atoms with Crippen LogP contribution in [0.1, 0.15) is 33.1 Å². The van der Waals surface area contributed by atoms with Gasteiger partial charge in [0.1, 0.15) is 0 Å². The molecule has 0 aliphatic carbocycles. The molecule has 1 heterocycles. The van der Waals surface area contributed by atoms with Crippen LogP contribution < -0.4 is 5.32 Å². The highest BCUT2D eigenvalue weighted by Gasteiger charge is 2.17. The maximum atomic E-state index is 11.1. The van der Waals surface area contributed by atoms with E-state index >= 15 is 0 Å². The summed E-state index contributed by atoms with van der Waals surface area (Å²) in [5.74, 6) is -0.253. The number of carbonyl (C=O) groups is 1. The van der Waals surface area contributed by atoms with Crippen molar-refractivity contribution in [1.29, 1.82) is 0 Å². The minimum Gasteiger partial charge on any atom is -0.463 e. The summed E-state index contributed by atoms with van der Waals surface area (Å²) in [6.07, 6.45) is 6.99. The monoisotopic (exact) mass is 254 g/mol. The van der Waals surface area contributed by atoms with Crippen molar-refractivity contribution < 1.29 is 9.53 Å². The Morgan fingerprint density at radius 2 is 2.11 bits per heavy atom. The lowest BCUT2D eigenvalue weighted by Crippen LogP contribution is -2.42. The highest BCUT2D eigenvalue weighted by molar-refractivity contribution is 5.81. The van der Waals surface area contributed by atoms with E-state index in [1.54, 1.807) is 0 Å². The zero-order valence-electron chi connectivity index (χ0n) is 11.7. The fourth-order valence-corrected chi connectivity index (χ4v) is 2.26. The molecule has 0 spiro atoms. The van der Waals surface area contributed by atoms with E-state index in [2.05, 4.69) is 17.1 Å². The molecule has 4 heteroatoms. The zero-order chi connectivity index (χ0) is 13.2. The highest BCUT2D eigenvalue weighted by atomic mass is 16.5. The normalized spacial score (nSPS) is 18.3. The van der Waals surface area contributed by atoms with Gasteiger partial charge in [-0.3, -0.25) is 0 Å². The molecular weight excluding hydrogens is 228 g/mol. The number of carbonyl (C=O) groups excluding carboxylic acids is 1. The molecule has 0 radical (unpaired) electrons. The van der Waals surface area contributed by atoms with Gasteiger partial charge < -0.3 is 15.0 Å². The number of ether oxygens (including phenoxy) is 1. The van der Waals surface area contributed by atoms with Gasteiger partial charge in [-0.1, -0.05) is 13.0 Å². The predicted octanol–water partition coefficient (Wildman–Crippen LogP) is 1.57. The van der Waals surface area contributed by atoms with E-state index in [1.165, 1.54) is 45.0 Å². The average Bonchev–Trinajstić information content (AvgIpc) is 2.37. The number of rotatable bonds is 7. The molecule has 1 saturated heterocycles. The number of hydrogen-bond acceptors (Lipinski definition) is 4. The minimum absolute atomic E-state index is 0.253. The first-order valence-corrected chi connectivity index (χ1v) is 7.05. The molecule has 0 bridgehead atoms. The molecule has 104 valence electrons. The number of piperidine rings is 1. The second-order valence-electron chi connectivity index (χ2n) is 4.68. The largest absolute Gasteiger partial charge is 0.463 e. The predicted molar refractivity (Wildman–Crippen MR) is 73.5 cm³/mol. The summed E-state index contributed by atoms with van der Waals surface area (Å²) in [4.78, 5) is 13.6. The highest BCUT2D eigenvalue weighted by Crippen LogP contribution is 2.10. The molecule has 0 unspecified atom stereocenters.